The summed E-state index contributed by atoms with van der Waals surface area (Å²) in [6, 6.07) is 7.00. The van der Waals surface area contributed by atoms with E-state index in [1.165, 1.54) is 0 Å². The fourth-order valence-corrected chi connectivity index (χ4v) is 3.93. The topological polar surface area (TPSA) is 84.9 Å². The maximum absolute atomic E-state index is 13.3. The molecule has 0 aromatic heterocycles. The predicted molar refractivity (Wildman–Crippen MR) is 138 cm³/mol. The maximum atomic E-state index is 13.3. The highest BCUT2D eigenvalue weighted by Gasteiger charge is 2.29. The smallest absolute Gasteiger partial charge is 0.408 e. The third kappa shape index (κ3) is 10.5. The second-order valence-electron chi connectivity index (χ2n) is 11.2. The van der Waals surface area contributed by atoms with Crippen LogP contribution in [0.2, 0.25) is 0 Å². The number of nitrogens with one attached hydrogen (secondary N) is 1. The molecule has 2 rings (SSSR count). The van der Waals surface area contributed by atoms with Gasteiger partial charge in [-0.15, -0.1) is 0 Å². The van der Waals surface area contributed by atoms with Crippen LogP contribution in [0.5, 0.6) is 0 Å². The molecule has 1 N–H and O–H groups in total. The predicted octanol–water partition coefficient (Wildman–Crippen LogP) is 5.27. The zero-order valence-corrected chi connectivity index (χ0v) is 22.2. The van der Waals surface area contributed by atoms with Gasteiger partial charge in [-0.3, -0.25) is 9.59 Å². The van der Waals surface area contributed by atoms with Crippen molar-refractivity contribution < 1.29 is 23.9 Å². The first-order chi connectivity index (χ1) is 16.2. The molecule has 1 atom stereocenters. The molecule has 0 radical (unpaired) electrons. The summed E-state index contributed by atoms with van der Waals surface area (Å²) in [5, 5.41) is 2.79. The largest absolute Gasteiger partial charge is 0.460 e. The first-order valence-electron chi connectivity index (χ1n) is 12.5. The van der Waals surface area contributed by atoms with E-state index in [-0.39, 0.29) is 18.3 Å². The maximum Gasteiger partial charge on any atom is 0.408 e. The highest BCUT2D eigenvalue weighted by atomic mass is 16.6. The van der Waals surface area contributed by atoms with Crippen molar-refractivity contribution in [2.24, 2.45) is 0 Å². The van der Waals surface area contributed by atoms with Gasteiger partial charge in [-0.1, -0.05) is 30.8 Å². The van der Waals surface area contributed by atoms with E-state index in [0.29, 0.717) is 25.9 Å². The number of amides is 2. The van der Waals surface area contributed by atoms with E-state index in [2.05, 4.69) is 11.9 Å². The highest BCUT2D eigenvalue weighted by Crippen LogP contribution is 2.22. The molecule has 1 aliphatic heterocycles. The number of hydrogen-bond acceptors (Lipinski definition) is 5. The summed E-state index contributed by atoms with van der Waals surface area (Å²) in [4.78, 5) is 39.7. The Morgan fingerprint density at radius 2 is 1.60 bits per heavy atom. The molecule has 1 aromatic carbocycles. The summed E-state index contributed by atoms with van der Waals surface area (Å²) in [6.07, 6.45) is 3.51. The van der Waals surface area contributed by atoms with Crippen LogP contribution < -0.4 is 5.32 Å². The Morgan fingerprint density at radius 1 is 0.971 bits per heavy atom. The van der Waals surface area contributed by atoms with Gasteiger partial charge in [0.05, 0.1) is 0 Å². The molecule has 0 spiro atoms. The van der Waals surface area contributed by atoms with E-state index in [1.807, 2.05) is 49.9 Å². The van der Waals surface area contributed by atoms with Crippen LogP contribution in [0.25, 0.3) is 5.57 Å². The van der Waals surface area contributed by atoms with Gasteiger partial charge in [0.25, 0.3) is 0 Å². The zero-order chi connectivity index (χ0) is 26.2. The molecule has 194 valence electrons. The van der Waals surface area contributed by atoms with Crippen LogP contribution >= 0.6 is 0 Å². The van der Waals surface area contributed by atoms with Gasteiger partial charge in [-0.25, -0.2) is 4.79 Å². The van der Waals surface area contributed by atoms with Gasteiger partial charge in [0.1, 0.15) is 17.2 Å². The third-order valence-electron chi connectivity index (χ3n) is 5.48. The number of piperidine rings is 1. The van der Waals surface area contributed by atoms with Crippen molar-refractivity contribution >= 4 is 23.5 Å². The summed E-state index contributed by atoms with van der Waals surface area (Å²) in [5.74, 6) is -0.353. The van der Waals surface area contributed by atoms with Gasteiger partial charge < -0.3 is 19.7 Å². The molecule has 0 bridgehead atoms. The van der Waals surface area contributed by atoms with Crippen molar-refractivity contribution in [3.8, 4) is 0 Å². The lowest BCUT2D eigenvalue weighted by Gasteiger charge is -2.31. The second-order valence-corrected chi connectivity index (χ2v) is 11.2. The van der Waals surface area contributed by atoms with Crippen LogP contribution in [0.4, 0.5) is 4.79 Å². The Bertz CT molecular complexity index is 905. The van der Waals surface area contributed by atoms with E-state index in [0.717, 1.165) is 36.0 Å². The monoisotopic (exact) mass is 486 g/mol. The number of carbonyl (C=O) groups is 3. The van der Waals surface area contributed by atoms with E-state index < -0.39 is 23.3 Å². The lowest BCUT2D eigenvalue weighted by atomic mass is 9.97. The summed E-state index contributed by atoms with van der Waals surface area (Å²) in [6.45, 7) is 16.4. The summed E-state index contributed by atoms with van der Waals surface area (Å²) < 4.78 is 10.8. The van der Waals surface area contributed by atoms with Crippen LogP contribution in [0.1, 0.15) is 84.8 Å². The number of allylic oxidation sites excluding steroid dienone is 1. The average molecular weight is 487 g/mol. The van der Waals surface area contributed by atoms with E-state index >= 15 is 0 Å². The number of alkyl carbamates (subject to hydrolysis) is 1. The molecule has 1 heterocycles. The van der Waals surface area contributed by atoms with Gasteiger partial charge >= 0.3 is 12.1 Å². The summed E-state index contributed by atoms with van der Waals surface area (Å²) >= 11 is 0. The zero-order valence-electron chi connectivity index (χ0n) is 22.2. The lowest BCUT2D eigenvalue weighted by Crippen LogP contribution is -2.51. The molecule has 1 saturated heterocycles. The first kappa shape index (κ1) is 28.4. The quantitative estimate of drug-likeness (QED) is 0.506. The first-order valence-corrected chi connectivity index (χ1v) is 12.5. The Labute approximate surface area is 210 Å². The molecule has 7 nitrogen and oxygen atoms in total. The SMILES string of the molecule is C=C(CCC(=O)OC(C)(C)C)c1cccc(C[C@H](NC(=O)OC(C)(C)C)C(=O)N2CCCCC2)c1. The molecule has 0 saturated carbocycles. The number of carbonyl (C=O) groups excluding carboxylic acids is 3. The Kier molecular flexibility index (Phi) is 9.92. The van der Waals surface area contributed by atoms with Crippen LogP contribution in [-0.2, 0) is 25.5 Å². The lowest BCUT2D eigenvalue weighted by molar-refractivity contribution is -0.154. The number of benzene rings is 1. The molecule has 0 aliphatic carbocycles. The van der Waals surface area contributed by atoms with Gasteiger partial charge in [-0.05, 0) is 83.9 Å². The summed E-state index contributed by atoms with van der Waals surface area (Å²) in [5.41, 5.74) is 1.43. The van der Waals surface area contributed by atoms with Gasteiger partial charge in [0.2, 0.25) is 5.91 Å². The molecule has 0 unspecified atom stereocenters. The Morgan fingerprint density at radius 3 is 2.20 bits per heavy atom. The average Bonchev–Trinajstić information content (AvgIpc) is 2.75. The van der Waals surface area contributed by atoms with Crippen molar-refractivity contribution in [2.45, 2.75) is 97.3 Å². The van der Waals surface area contributed by atoms with Crippen molar-refractivity contribution in [3.63, 3.8) is 0 Å². The van der Waals surface area contributed by atoms with E-state index in [9.17, 15) is 14.4 Å². The Balaban J connectivity index is 2.11. The third-order valence-corrected chi connectivity index (χ3v) is 5.48. The number of hydrogen-bond donors (Lipinski definition) is 1. The van der Waals surface area contributed by atoms with E-state index in [1.54, 1.807) is 20.8 Å². The van der Waals surface area contributed by atoms with Gasteiger partial charge in [-0.2, -0.15) is 0 Å². The minimum atomic E-state index is -0.728. The van der Waals surface area contributed by atoms with Crippen molar-refractivity contribution in [3.05, 3.63) is 42.0 Å². The molecule has 1 aromatic rings. The van der Waals surface area contributed by atoms with Crippen LogP contribution in [-0.4, -0.2) is 53.2 Å². The minimum absolute atomic E-state index is 0.0929. The van der Waals surface area contributed by atoms with Crippen LogP contribution in [0, 0.1) is 0 Å². The second kappa shape index (κ2) is 12.2. The number of rotatable bonds is 8. The Hall–Kier alpha value is -2.83. The fourth-order valence-electron chi connectivity index (χ4n) is 3.93. The molecule has 7 heteroatoms. The standard InChI is InChI=1S/C28H42N2O5/c1-20(14-15-24(31)34-27(2,3)4)22-13-11-12-21(18-22)19-23(29-26(33)35-28(5,6)7)25(32)30-16-9-8-10-17-30/h11-13,18,23H,1,8-10,14-17,19H2,2-7H3,(H,29,33)/t23-/m0/s1. The van der Waals surface area contributed by atoms with E-state index in [4.69, 9.17) is 9.47 Å². The molecule has 35 heavy (non-hydrogen) atoms. The minimum Gasteiger partial charge on any atom is -0.460 e. The molecule has 1 fully saturated rings. The van der Waals surface area contributed by atoms with Gasteiger partial charge in [0.15, 0.2) is 0 Å². The summed E-state index contributed by atoms with van der Waals surface area (Å²) in [7, 11) is 0. The molecular weight excluding hydrogens is 444 g/mol. The number of likely N-dealkylation sites (tertiary alicyclic amines) is 1. The van der Waals surface area contributed by atoms with Crippen LogP contribution in [0.3, 0.4) is 0 Å². The fraction of sp³-hybridized carbons (Fsp3) is 0.607. The highest BCUT2D eigenvalue weighted by molar-refractivity contribution is 5.86. The van der Waals surface area contributed by atoms with Gasteiger partial charge in [0, 0.05) is 25.9 Å². The van der Waals surface area contributed by atoms with Crippen molar-refractivity contribution in [2.75, 3.05) is 13.1 Å². The van der Waals surface area contributed by atoms with Crippen LogP contribution in [0.15, 0.2) is 30.8 Å². The molecular formula is C28H42N2O5. The van der Waals surface area contributed by atoms with Crippen molar-refractivity contribution in [1.29, 1.82) is 0 Å². The number of ether oxygens (including phenoxy) is 2. The molecule has 2 amide bonds. The molecule has 1 aliphatic rings. The number of esters is 1. The number of nitrogens with zero attached hydrogens (tertiary/aromatic N) is 1. The normalized spacial score (nSPS) is 15.2. The van der Waals surface area contributed by atoms with Crippen molar-refractivity contribution in [1.82, 2.24) is 10.2 Å².